The van der Waals surface area contributed by atoms with Crippen LogP contribution in [0.25, 0.3) is 11.3 Å². The number of aryl methyl sites for hydroxylation is 1. The minimum Gasteiger partial charge on any atom is -0.360 e. The molecule has 26 heavy (non-hydrogen) atoms. The minimum absolute atomic E-state index is 0.0714. The van der Waals surface area contributed by atoms with E-state index in [-0.39, 0.29) is 27.8 Å². The maximum absolute atomic E-state index is 14.2. The summed E-state index contributed by atoms with van der Waals surface area (Å²) in [6, 6.07) is 5.07. The molecule has 1 N–H and O–H groups in total. The van der Waals surface area contributed by atoms with Crippen LogP contribution in [0.3, 0.4) is 0 Å². The summed E-state index contributed by atoms with van der Waals surface area (Å²) in [5.41, 5.74) is 0.396. The smallest absolute Gasteiger partial charge is 0.257 e. The fraction of sp³-hybridized carbons (Fsp3) is 0.474. The predicted octanol–water partition coefficient (Wildman–Crippen LogP) is 4.29. The van der Waals surface area contributed by atoms with Crippen molar-refractivity contribution in [2.75, 3.05) is 13.1 Å². The van der Waals surface area contributed by atoms with E-state index < -0.39 is 5.82 Å². The summed E-state index contributed by atoms with van der Waals surface area (Å²) in [6.07, 6.45) is 0. The molecule has 0 spiro atoms. The zero-order valence-corrected chi connectivity index (χ0v) is 16.5. The van der Waals surface area contributed by atoms with Crippen LogP contribution < -0.4 is 5.32 Å². The highest BCUT2D eigenvalue weighted by Gasteiger charge is 2.25. The Hall–Kier alpha value is -1.92. The largest absolute Gasteiger partial charge is 0.360 e. The van der Waals surface area contributed by atoms with Gasteiger partial charge in [0.05, 0.1) is 10.6 Å². The SMILES string of the molecule is Cc1onc(-c2c(F)cccc2Cl)c1C(=O)NCCN(C(C)C)C(C)C. The van der Waals surface area contributed by atoms with Gasteiger partial charge in [-0.25, -0.2) is 4.39 Å². The van der Waals surface area contributed by atoms with Crippen molar-refractivity contribution < 1.29 is 13.7 Å². The molecule has 0 saturated carbocycles. The first-order chi connectivity index (χ1) is 12.2. The van der Waals surface area contributed by atoms with E-state index in [1.807, 2.05) is 0 Å². The first-order valence-corrected chi connectivity index (χ1v) is 9.06. The van der Waals surface area contributed by atoms with Crippen molar-refractivity contribution in [2.24, 2.45) is 0 Å². The number of halogens is 2. The first-order valence-electron chi connectivity index (χ1n) is 8.68. The van der Waals surface area contributed by atoms with E-state index in [0.29, 0.717) is 30.9 Å². The van der Waals surface area contributed by atoms with E-state index in [1.165, 1.54) is 12.1 Å². The molecular formula is C19H25ClFN3O2. The molecule has 0 fully saturated rings. The fourth-order valence-electron chi connectivity index (χ4n) is 3.03. The van der Waals surface area contributed by atoms with Gasteiger partial charge >= 0.3 is 0 Å². The van der Waals surface area contributed by atoms with Crippen molar-refractivity contribution >= 4 is 17.5 Å². The summed E-state index contributed by atoms with van der Waals surface area (Å²) in [6.45, 7) is 11.3. The van der Waals surface area contributed by atoms with Crippen LogP contribution >= 0.6 is 11.6 Å². The highest BCUT2D eigenvalue weighted by molar-refractivity contribution is 6.33. The van der Waals surface area contributed by atoms with Gasteiger partial charge in [0.2, 0.25) is 0 Å². The lowest BCUT2D eigenvalue weighted by atomic mass is 10.0. The van der Waals surface area contributed by atoms with Crippen LogP contribution in [0.15, 0.2) is 22.7 Å². The van der Waals surface area contributed by atoms with Gasteiger partial charge in [-0.3, -0.25) is 9.69 Å². The molecule has 1 heterocycles. The van der Waals surface area contributed by atoms with E-state index >= 15 is 0 Å². The summed E-state index contributed by atoms with van der Waals surface area (Å²) >= 11 is 6.11. The lowest BCUT2D eigenvalue weighted by molar-refractivity contribution is 0.0938. The Morgan fingerprint density at radius 2 is 1.96 bits per heavy atom. The van der Waals surface area contributed by atoms with Gasteiger partial charge in [-0.15, -0.1) is 0 Å². The lowest BCUT2D eigenvalue weighted by Crippen LogP contribution is -2.42. The third-order valence-electron chi connectivity index (χ3n) is 4.27. The van der Waals surface area contributed by atoms with Crippen LogP contribution in [0.4, 0.5) is 4.39 Å². The molecule has 1 aromatic heterocycles. The standard InChI is InChI=1S/C19H25ClFN3O2/c1-11(2)24(12(3)4)10-9-22-19(25)16-13(5)26-23-18(16)17-14(20)7-6-8-15(17)21/h6-8,11-12H,9-10H2,1-5H3,(H,22,25). The average Bonchev–Trinajstić information content (AvgIpc) is 2.92. The molecule has 0 atom stereocenters. The number of nitrogens with one attached hydrogen (secondary N) is 1. The molecule has 0 bridgehead atoms. The Labute approximate surface area is 158 Å². The molecule has 5 nitrogen and oxygen atoms in total. The quantitative estimate of drug-likeness (QED) is 0.777. The van der Waals surface area contributed by atoms with Crippen molar-refractivity contribution in [1.82, 2.24) is 15.4 Å². The molecule has 0 radical (unpaired) electrons. The maximum Gasteiger partial charge on any atom is 0.257 e. The lowest BCUT2D eigenvalue weighted by Gasteiger charge is -2.30. The monoisotopic (exact) mass is 381 g/mol. The predicted molar refractivity (Wildman–Crippen MR) is 101 cm³/mol. The van der Waals surface area contributed by atoms with Gasteiger partial charge in [0.15, 0.2) is 0 Å². The normalized spacial score (nSPS) is 11.6. The Morgan fingerprint density at radius 1 is 1.31 bits per heavy atom. The second-order valence-corrected chi connectivity index (χ2v) is 7.15. The van der Waals surface area contributed by atoms with Crippen molar-refractivity contribution in [2.45, 2.75) is 46.7 Å². The van der Waals surface area contributed by atoms with Crippen LogP contribution in [0.2, 0.25) is 5.02 Å². The molecule has 2 rings (SSSR count). The van der Waals surface area contributed by atoms with Gasteiger partial charge in [0.1, 0.15) is 22.8 Å². The van der Waals surface area contributed by atoms with E-state index in [2.05, 4.69) is 43.1 Å². The van der Waals surface area contributed by atoms with Gasteiger partial charge in [-0.2, -0.15) is 0 Å². The van der Waals surface area contributed by atoms with Gasteiger partial charge in [0, 0.05) is 25.2 Å². The number of carbonyl (C=O) groups is 1. The summed E-state index contributed by atoms with van der Waals surface area (Å²) in [4.78, 5) is 14.9. The molecule has 0 saturated heterocycles. The van der Waals surface area contributed by atoms with Crippen LogP contribution in [-0.2, 0) is 0 Å². The first kappa shape index (κ1) is 20.4. The summed E-state index contributed by atoms with van der Waals surface area (Å²) in [5, 5.41) is 6.91. The number of aromatic nitrogens is 1. The van der Waals surface area contributed by atoms with Crippen LogP contribution in [-0.4, -0.2) is 41.1 Å². The number of benzene rings is 1. The Balaban J connectivity index is 2.19. The summed E-state index contributed by atoms with van der Waals surface area (Å²) in [5.74, 6) is -0.586. The zero-order chi connectivity index (χ0) is 19.4. The second kappa shape index (κ2) is 8.64. The van der Waals surface area contributed by atoms with E-state index in [9.17, 15) is 9.18 Å². The van der Waals surface area contributed by atoms with Crippen molar-refractivity contribution in [1.29, 1.82) is 0 Å². The third kappa shape index (κ3) is 4.43. The van der Waals surface area contributed by atoms with Gasteiger partial charge in [-0.05, 0) is 46.8 Å². The molecule has 0 aliphatic rings. The van der Waals surface area contributed by atoms with Crippen molar-refractivity contribution in [3.63, 3.8) is 0 Å². The zero-order valence-electron chi connectivity index (χ0n) is 15.8. The molecule has 1 aromatic carbocycles. The van der Waals surface area contributed by atoms with Crippen LogP contribution in [0.5, 0.6) is 0 Å². The molecule has 0 unspecified atom stereocenters. The highest BCUT2D eigenvalue weighted by Crippen LogP contribution is 2.33. The summed E-state index contributed by atoms with van der Waals surface area (Å²) in [7, 11) is 0. The molecule has 2 aromatic rings. The Kier molecular flexibility index (Phi) is 6.78. The molecule has 7 heteroatoms. The average molecular weight is 382 g/mol. The summed E-state index contributed by atoms with van der Waals surface area (Å²) < 4.78 is 19.4. The Bertz CT molecular complexity index is 746. The molecule has 0 aliphatic heterocycles. The Morgan fingerprint density at radius 3 is 2.54 bits per heavy atom. The van der Waals surface area contributed by atoms with Crippen molar-refractivity contribution in [3.8, 4) is 11.3 Å². The molecule has 142 valence electrons. The van der Waals surface area contributed by atoms with Crippen molar-refractivity contribution in [3.05, 3.63) is 40.4 Å². The second-order valence-electron chi connectivity index (χ2n) is 6.74. The number of rotatable bonds is 7. The number of hydrogen-bond acceptors (Lipinski definition) is 4. The minimum atomic E-state index is -0.550. The maximum atomic E-state index is 14.2. The van der Waals surface area contributed by atoms with Gasteiger partial charge in [-0.1, -0.05) is 22.8 Å². The van der Waals surface area contributed by atoms with E-state index in [0.717, 1.165) is 0 Å². The topological polar surface area (TPSA) is 58.4 Å². The third-order valence-corrected chi connectivity index (χ3v) is 4.59. The fourth-order valence-corrected chi connectivity index (χ4v) is 3.29. The van der Waals surface area contributed by atoms with E-state index in [1.54, 1.807) is 13.0 Å². The number of nitrogens with zero attached hydrogens (tertiary/aromatic N) is 2. The highest BCUT2D eigenvalue weighted by atomic mass is 35.5. The van der Waals surface area contributed by atoms with E-state index in [4.69, 9.17) is 16.1 Å². The number of carbonyl (C=O) groups excluding carboxylic acids is 1. The number of amides is 1. The molecule has 0 aliphatic carbocycles. The molecule has 1 amide bonds. The van der Waals surface area contributed by atoms with Gasteiger partial charge < -0.3 is 9.84 Å². The molecular weight excluding hydrogens is 357 g/mol. The van der Waals surface area contributed by atoms with Crippen LogP contribution in [0, 0.1) is 12.7 Å². The van der Waals surface area contributed by atoms with Crippen LogP contribution in [0.1, 0.15) is 43.8 Å². The van der Waals surface area contributed by atoms with Gasteiger partial charge in [0.25, 0.3) is 5.91 Å². The number of hydrogen-bond donors (Lipinski definition) is 1.